The molecular formula is C10H12BN3O3S. The number of nitrogens with zero attached hydrogens (tertiary/aromatic N) is 2. The second kappa shape index (κ2) is 6.43. The van der Waals surface area contributed by atoms with Crippen molar-refractivity contribution in [2.24, 2.45) is 0 Å². The SMILES string of the molecule is OB(O)c1cccc(OCCSc2ncn[nH]2)c1. The fourth-order valence-electron chi connectivity index (χ4n) is 1.33. The number of hydrogen-bond donors (Lipinski definition) is 3. The molecule has 8 heteroatoms. The van der Waals surface area contributed by atoms with Gasteiger partial charge in [-0.15, -0.1) is 0 Å². The van der Waals surface area contributed by atoms with Gasteiger partial charge in [0.2, 0.25) is 0 Å². The molecule has 0 aliphatic carbocycles. The highest BCUT2D eigenvalue weighted by molar-refractivity contribution is 7.99. The number of rotatable bonds is 6. The lowest BCUT2D eigenvalue weighted by Gasteiger charge is -2.06. The Morgan fingerprint density at radius 2 is 2.28 bits per heavy atom. The van der Waals surface area contributed by atoms with Crippen LogP contribution in [0.2, 0.25) is 0 Å². The summed E-state index contributed by atoms with van der Waals surface area (Å²) in [6.45, 7) is 0.496. The molecule has 0 saturated carbocycles. The van der Waals surface area contributed by atoms with Gasteiger partial charge in [-0.2, -0.15) is 5.10 Å². The fourth-order valence-corrected chi connectivity index (χ4v) is 1.93. The Morgan fingerprint density at radius 3 is 3.00 bits per heavy atom. The molecular weight excluding hydrogens is 253 g/mol. The standard InChI is InChI=1S/C10H12BN3O3S/c15-11(16)8-2-1-3-9(6-8)17-4-5-18-10-12-7-13-14-10/h1-3,6-7,15-16H,4-5H2,(H,12,13,14). The van der Waals surface area contributed by atoms with E-state index in [0.29, 0.717) is 17.8 Å². The molecule has 1 heterocycles. The normalized spacial score (nSPS) is 10.3. The molecule has 0 aliphatic rings. The Balaban J connectivity index is 1.78. The Labute approximate surface area is 109 Å². The van der Waals surface area contributed by atoms with E-state index in [4.69, 9.17) is 14.8 Å². The predicted molar refractivity (Wildman–Crippen MR) is 68.9 cm³/mol. The smallest absolute Gasteiger partial charge is 0.488 e. The highest BCUT2D eigenvalue weighted by atomic mass is 32.2. The maximum absolute atomic E-state index is 9.02. The minimum Gasteiger partial charge on any atom is -0.493 e. The van der Waals surface area contributed by atoms with E-state index in [1.807, 2.05) is 0 Å². The van der Waals surface area contributed by atoms with Crippen molar-refractivity contribution in [3.05, 3.63) is 30.6 Å². The lowest BCUT2D eigenvalue weighted by Crippen LogP contribution is -2.29. The molecule has 3 N–H and O–H groups in total. The number of nitrogens with one attached hydrogen (secondary N) is 1. The van der Waals surface area contributed by atoms with Crippen LogP contribution in [0.3, 0.4) is 0 Å². The molecule has 0 aliphatic heterocycles. The number of thioether (sulfide) groups is 1. The molecule has 0 radical (unpaired) electrons. The summed E-state index contributed by atoms with van der Waals surface area (Å²) < 4.78 is 5.49. The maximum atomic E-state index is 9.02. The first kappa shape index (κ1) is 12.9. The van der Waals surface area contributed by atoms with E-state index in [1.165, 1.54) is 18.1 Å². The van der Waals surface area contributed by atoms with Gasteiger partial charge in [0.25, 0.3) is 0 Å². The molecule has 94 valence electrons. The molecule has 0 unspecified atom stereocenters. The van der Waals surface area contributed by atoms with Crippen LogP contribution >= 0.6 is 11.8 Å². The van der Waals surface area contributed by atoms with Crippen LogP contribution in [-0.4, -0.2) is 44.7 Å². The summed E-state index contributed by atoms with van der Waals surface area (Å²) in [6, 6.07) is 6.71. The van der Waals surface area contributed by atoms with E-state index < -0.39 is 7.12 Å². The molecule has 2 rings (SSSR count). The molecule has 0 bridgehead atoms. The topological polar surface area (TPSA) is 91.3 Å². The summed E-state index contributed by atoms with van der Waals surface area (Å²) in [7, 11) is -1.47. The second-order valence-electron chi connectivity index (χ2n) is 3.43. The molecule has 1 aromatic carbocycles. The second-order valence-corrected chi connectivity index (χ2v) is 4.52. The van der Waals surface area contributed by atoms with Crippen molar-refractivity contribution in [1.29, 1.82) is 0 Å². The van der Waals surface area contributed by atoms with Crippen LogP contribution in [0.4, 0.5) is 0 Å². The average Bonchev–Trinajstić information content (AvgIpc) is 2.88. The van der Waals surface area contributed by atoms with E-state index in [0.717, 1.165) is 10.9 Å². The summed E-state index contributed by atoms with van der Waals surface area (Å²) in [6.07, 6.45) is 1.45. The van der Waals surface area contributed by atoms with E-state index in [-0.39, 0.29) is 0 Å². The van der Waals surface area contributed by atoms with Crippen molar-refractivity contribution in [1.82, 2.24) is 15.2 Å². The summed E-state index contributed by atoms with van der Waals surface area (Å²) >= 11 is 1.50. The Kier molecular flexibility index (Phi) is 4.62. The summed E-state index contributed by atoms with van der Waals surface area (Å²) in [5.41, 5.74) is 0.412. The number of H-pyrrole nitrogens is 1. The van der Waals surface area contributed by atoms with Crippen LogP contribution in [-0.2, 0) is 0 Å². The monoisotopic (exact) mass is 265 g/mol. The molecule has 0 fully saturated rings. The van der Waals surface area contributed by atoms with E-state index >= 15 is 0 Å². The third-order valence-electron chi connectivity index (χ3n) is 2.14. The third kappa shape index (κ3) is 3.76. The number of ether oxygens (including phenoxy) is 1. The first-order valence-electron chi connectivity index (χ1n) is 5.33. The largest absolute Gasteiger partial charge is 0.493 e. The predicted octanol–water partition coefficient (Wildman–Crippen LogP) is -0.344. The minimum absolute atomic E-state index is 0.412. The Morgan fingerprint density at radius 1 is 1.39 bits per heavy atom. The van der Waals surface area contributed by atoms with Crippen molar-refractivity contribution in [3.8, 4) is 5.75 Å². The fraction of sp³-hybridized carbons (Fsp3) is 0.200. The summed E-state index contributed by atoms with van der Waals surface area (Å²) in [4.78, 5) is 3.97. The Hall–Kier alpha value is -1.51. The number of hydrogen-bond acceptors (Lipinski definition) is 6. The molecule has 0 atom stereocenters. The first-order valence-corrected chi connectivity index (χ1v) is 6.31. The minimum atomic E-state index is -1.47. The van der Waals surface area contributed by atoms with Crippen LogP contribution in [0.15, 0.2) is 35.7 Å². The zero-order valence-corrected chi connectivity index (χ0v) is 10.3. The van der Waals surface area contributed by atoms with Gasteiger partial charge in [0, 0.05) is 5.75 Å². The van der Waals surface area contributed by atoms with Gasteiger partial charge >= 0.3 is 7.12 Å². The van der Waals surface area contributed by atoms with Crippen molar-refractivity contribution >= 4 is 24.3 Å². The molecule has 0 saturated heterocycles. The van der Waals surface area contributed by atoms with Crippen molar-refractivity contribution in [3.63, 3.8) is 0 Å². The Bertz CT molecular complexity index is 481. The van der Waals surface area contributed by atoms with Crippen LogP contribution in [0.25, 0.3) is 0 Å². The van der Waals surface area contributed by atoms with Gasteiger partial charge in [-0.05, 0) is 17.6 Å². The lowest BCUT2D eigenvalue weighted by atomic mass is 9.80. The molecule has 18 heavy (non-hydrogen) atoms. The number of aromatic amines is 1. The van der Waals surface area contributed by atoms with Gasteiger partial charge in [0.1, 0.15) is 12.1 Å². The highest BCUT2D eigenvalue weighted by Gasteiger charge is 2.10. The van der Waals surface area contributed by atoms with Crippen molar-refractivity contribution in [2.45, 2.75) is 5.16 Å². The van der Waals surface area contributed by atoms with Crippen LogP contribution in [0, 0.1) is 0 Å². The zero-order chi connectivity index (χ0) is 12.8. The van der Waals surface area contributed by atoms with Crippen LogP contribution < -0.4 is 10.2 Å². The molecule has 6 nitrogen and oxygen atoms in total. The summed E-state index contributed by atoms with van der Waals surface area (Å²) in [5, 5.41) is 25.3. The lowest BCUT2D eigenvalue weighted by molar-refractivity contribution is 0.344. The zero-order valence-electron chi connectivity index (χ0n) is 9.48. The molecule has 0 amide bonds. The molecule has 1 aromatic heterocycles. The highest BCUT2D eigenvalue weighted by Crippen LogP contribution is 2.12. The van der Waals surface area contributed by atoms with Gasteiger partial charge in [0.05, 0.1) is 6.61 Å². The third-order valence-corrected chi connectivity index (χ3v) is 2.98. The van der Waals surface area contributed by atoms with Gasteiger partial charge in [-0.3, -0.25) is 5.10 Å². The van der Waals surface area contributed by atoms with Gasteiger partial charge in [-0.25, -0.2) is 4.98 Å². The van der Waals surface area contributed by atoms with Gasteiger partial charge in [-0.1, -0.05) is 23.9 Å². The van der Waals surface area contributed by atoms with Gasteiger partial charge in [0.15, 0.2) is 5.16 Å². The summed E-state index contributed by atoms with van der Waals surface area (Å²) in [5.74, 6) is 1.33. The average molecular weight is 265 g/mol. The van der Waals surface area contributed by atoms with E-state index in [1.54, 1.807) is 24.3 Å². The first-order chi connectivity index (χ1) is 8.75. The number of aromatic nitrogens is 3. The maximum Gasteiger partial charge on any atom is 0.488 e. The quantitative estimate of drug-likeness (QED) is 0.376. The van der Waals surface area contributed by atoms with E-state index in [9.17, 15) is 0 Å². The van der Waals surface area contributed by atoms with E-state index in [2.05, 4.69) is 15.2 Å². The molecule has 2 aromatic rings. The molecule has 0 spiro atoms. The van der Waals surface area contributed by atoms with Crippen LogP contribution in [0.5, 0.6) is 5.75 Å². The number of benzene rings is 1. The van der Waals surface area contributed by atoms with Crippen molar-refractivity contribution in [2.75, 3.05) is 12.4 Å². The van der Waals surface area contributed by atoms with Crippen LogP contribution in [0.1, 0.15) is 0 Å². The van der Waals surface area contributed by atoms with Gasteiger partial charge < -0.3 is 14.8 Å². The van der Waals surface area contributed by atoms with Crippen molar-refractivity contribution < 1.29 is 14.8 Å².